The van der Waals surface area contributed by atoms with Crippen molar-refractivity contribution in [1.82, 2.24) is 0 Å². The third-order valence-corrected chi connectivity index (χ3v) is 3.51. The van der Waals surface area contributed by atoms with Gasteiger partial charge in [0.2, 0.25) is 0 Å². The number of hydrogen-bond acceptors (Lipinski definition) is 4. The predicted molar refractivity (Wildman–Crippen MR) is 69.4 cm³/mol. The van der Waals surface area contributed by atoms with Gasteiger partial charge in [-0.05, 0) is 18.3 Å². The molecule has 0 atom stereocenters. The summed E-state index contributed by atoms with van der Waals surface area (Å²) in [6.07, 6.45) is 2.94. The van der Waals surface area contributed by atoms with E-state index in [0.717, 1.165) is 19.3 Å². The van der Waals surface area contributed by atoms with Gasteiger partial charge < -0.3 is 14.2 Å². The van der Waals surface area contributed by atoms with Crippen molar-refractivity contribution in [3.63, 3.8) is 0 Å². The summed E-state index contributed by atoms with van der Waals surface area (Å²) < 4.78 is 16.1. The number of carbonyl (C=O) groups excluding carboxylic acids is 1. The Balaban J connectivity index is 2.24. The van der Waals surface area contributed by atoms with Crippen molar-refractivity contribution in [2.75, 3.05) is 26.4 Å². The molecule has 0 radical (unpaired) electrons. The quantitative estimate of drug-likeness (QED) is 0.628. The van der Waals surface area contributed by atoms with Crippen LogP contribution in [-0.2, 0) is 19.0 Å². The molecule has 18 heavy (non-hydrogen) atoms. The smallest absolute Gasteiger partial charge is 0.332 e. The van der Waals surface area contributed by atoms with E-state index in [-0.39, 0.29) is 23.6 Å². The topological polar surface area (TPSA) is 44.8 Å². The van der Waals surface area contributed by atoms with Gasteiger partial charge >= 0.3 is 5.97 Å². The van der Waals surface area contributed by atoms with Crippen LogP contribution in [0.15, 0.2) is 0 Å². The second-order valence-corrected chi connectivity index (χ2v) is 5.89. The van der Waals surface area contributed by atoms with Crippen LogP contribution in [0.2, 0.25) is 0 Å². The van der Waals surface area contributed by atoms with Gasteiger partial charge in [0.05, 0.1) is 19.8 Å². The molecule has 0 amide bonds. The standard InChI is InChI=1S/C14H26O4/c1-5-7-14(10-16-11-14)18-8-12(15)17-9-13(3,4)6-2/h5-11H2,1-4H3. The molecule has 1 heterocycles. The maximum atomic E-state index is 11.6. The summed E-state index contributed by atoms with van der Waals surface area (Å²) in [7, 11) is 0. The first-order chi connectivity index (χ1) is 8.43. The van der Waals surface area contributed by atoms with Crippen molar-refractivity contribution < 1.29 is 19.0 Å². The number of esters is 1. The minimum atomic E-state index is -0.279. The SMILES string of the molecule is CCCC1(OCC(=O)OCC(C)(C)CC)COC1. The van der Waals surface area contributed by atoms with E-state index in [1.807, 2.05) is 0 Å². The van der Waals surface area contributed by atoms with Gasteiger partial charge in [-0.2, -0.15) is 0 Å². The van der Waals surface area contributed by atoms with Gasteiger partial charge in [0.25, 0.3) is 0 Å². The molecule has 0 N–H and O–H groups in total. The fourth-order valence-corrected chi connectivity index (χ4v) is 1.72. The number of carbonyl (C=O) groups is 1. The number of ether oxygens (including phenoxy) is 3. The van der Waals surface area contributed by atoms with Gasteiger partial charge in [0, 0.05) is 0 Å². The molecule has 1 aliphatic heterocycles. The zero-order valence-corrected chi connectivity index (χ0v) is 12.1. The normalized spacial score (nSPS) is 18.2. The molecule has 0 bridgehead atoms. The van der Waals surface area contributed by atoms with Crippen molar-refractivity contribution in [1.29, 1.82) is 0 Å². The summed E-state index contributed by atoms with van der Waals surface area (Å²) in [6, 6.07) is 0. The lowest BCUT2D eigenvalue weighted by Gasteiger charge is -2.40. The van der Waals surface area contributed by atoms with Crippen molar-refractivity contribution >= 4 is 5.97 Å². The van der Waals surface area contributed by atoms with E-state index in [2.05, 4.69) is 27.7 Å². The van der Waals surface area contributed by atoms with Crippen molar-refractivity contribution in [2.45, 2.75) is 52.6 Å². The Kier molecular flexibility index (Phi) is 5.60. The number of rotatable bonds is 8. The maximum Gasteiger partial charge on any atom is 0.332 e. The highest BCUT2D eigenvalue weighted by atomic mass is 16.6. The maximum absolute atomic E-state index is 11.6. The molecule has 0 aromatic heterocycles. The molecule has 1 aliphatic rings. The Morgan fingerprint density at radius 2 is 2.00 bits per heavy atom. The minimum absolute atomic E-state index is 0.0309. The zero-order chi connectivity index (χ0) is 13.6. The van der Waals surface area contributed by atoms with Crippen molar-refractivity contribution in [2.24, 2.45) is 5.41 Å². The minimum Gasteiger partial charge on any atom is -0.463 e. The second-order valence-electron chi connectivity index (χ2n) is 5.89. The molecule has 1 rings (SSSR count). The lowest BCUT2D eigenvalue weighted by Crippen LogP contribution is -2.52. The van der Waals surface area contributed by atoms with E-state index in [4.69, 9.17) is 14.2 Å². The van der Waals surface area contributed by atoms with Crippen molar-refractivity contribution in [3.8, 4) is 0 Å². The van der Waals surface area contributed by atoms with Gasteiger partial charge in [0.1, 0.15) is 12.2 Å². The number of hydrogen-bond donors (Lipinski definition) is 0. The van der Waals surface area contributed by atoms with Gasteiger partial charge in [0.15, 0.2) is 0 Å². The molecule has 4 nitrogen and oxygen atoms in total. The average Bonchev–Trinajstić information content (AvgIpc) is 2.30. The van der Waals surface area contributed by atoms with E-state index < -0.39 is 0 Å². The molecule has 0 unspecified atom stereocenters. The van der Waals surface area contributed by atoms with Gasteiger partial charge in [-0.15, -0.1) is 0 Å². The van der Waals surface area contributed by atoms with Crippen LogP contribution < -0.4 is 0 Å². The summed E-state index contributed by atoms with van der Waals surface area (Å²) >= 11 is 0. The third-order valence-electron chi connectivity index (χ3n) is 3.51. The molecule has 0 saturated carbocycles. The lowest BCUT2D eigenvalue weighted by atomic mass is 9.92. The molecular weight excluding hydrogens is 232 g/mol. The van der Waals surface area contributed by atoms with Crippen LogP contribution in [0, 0.1) is 5.41 Å². The Labute approximate surface area is 110 Å². The van der Waals surface area contributed by atoms with Crippen LogP contribution in [-0.4, -0.2) is 38.0 Å². The molecule has 0 aliphatic carbocycles. The summed E-state index contributed by atoms with van der Waals surface area (Å²) in [5, 5.41) is 0. The first kappa shape index (κ1) is 15.4. The van der Waals surface area contributed by atoms with Crippen LogP contribution in [0.1, 0.15) is 47.0 Å². The average molecular weight is 258 g/mol. The molecule has 1 saturated heterocycles. The Bertz CT molecular complexity index is 269. The van der Waals surface area contributed by atoms with E-state index >= 15 is 0 Å². The summed E-state index contributed by atoms with van der Waals surface area (Å²) in [6.45, 7) is 10.0. The Morgan fingerprint density at radius 3 is 2.44 bits per heavy atom. The highest BCUT2D eigenvalue weighted by Crippen LogP contribution is 2.27. The monoisotopic (exact) mass is 258 g/mol. The summed E-state index contributed by atoms with van der Waals surface area (Å²) in [5.41, 5.74) is -0.204. The molecule has 0 spiro atoms. The highest BCUT2D eigenvalue weighted by Gasteiger charge is 2.39. The highest BCUT2D eigenvalue weighted by molar-refractivity contribution is 5.70. The van der Waals surface area contributed by atoms with E-state index in [9.17, 15) is 4.79 Å². The third kappa shape index (κ3) is 4.58. The van der Waals surface area contributed by atoms with E-state index in [1.165, 1.54) is 0 Å². The molecule has 0 aromatic carbocycles. The van der Waals surface area contributed by atoms with Gasteiger partial charge in [-0.3, -0.25) is 0 Å². The first-order valence-corrected chi connectivity index (χ1v) is 6.80. The molecule has 1 fully saturated rings. The van der Waals surface area contributed by atoms with Crippen LogP contribution in [0.5, 0.6) is 0 Å². The van der Waals surface area contributed by atoms with E-state index in [0.29, 0.717) is 19.8 Å². The molecule has 0 aromatic rings. The van der Waals surface area contributed by atoms with Crippen LogP contribution in [0.3, 0.4) is 0 Å². The van der Waals surface area contributed by atoms with Gasteiger partial charge in [-0.25, -0.2) is 4.79 Å². The van der Waals surface area contributed by atoms with Crippen LogP contribution in [0.4, 0.5) is 0 Å². The Hall–Kier alpha value is -0.610. The van der Waals surface area contributed by atoms with Crippen molar-refractivity contribution in [3.05, 3.63) is 0 Å². The molecule has 4 heteroatoms. The summed E-state index contributed by atoms with van der Waals surface area (Å²) in [4.78, 5) is 11.6. The largest absolute Gasteiger partial charge is 0.463 e. The fourth-order valence-electron chi connectivity index (χ4n) is 1.72. The zero-order valence-electron chi connectivity index (χ0n) is 12.1. The predicted octanol–water partition coefficient (Wildman–Crippen LogP) is 2.55. The molecular formula is C14H26O4. The lowest BCUT2D eigenvalue weighted by molar-refractivity contribution is -0.218. The first-order valence-electron chi connectivity index (χ1n) is 6.80. The van der Waals surface area contributed by atoms with Gasteiger partial charge in [-0.1, -0.05) is 34.1 Å². The summed E-state index contributed by atoms with van der Waals surface area (Å²) in [5.74, 6) is -0.279. The van der Waals surface area contributed by atoms with E-state index in [1.54, 1.807) is 0 Å². The Morgan fingerprint density at radius 1 is 1.33 bits per heavy atom. The van der Waals surface area contributed by atoms with Crippen LogP contribution >= 0.6 is 0 Å². The fraction of sp³-hybridized carbons (Fsp3) is 0.929. The second kappa shape index (κ2) is 6.53. The van der Waals surface area contributed by atoms with Crippen LogP contribution in [0.25, 0.3) is 0 Å². The molecule has 106 valence electrons.